The van der Waals surface area contributed by atoms with Crippen molar-refractivity contribution < 1.29 is 4.39 Å². The van der Waals surface area contributed by atoms with E-state index in [0.717, 1.165) is 5.56 Å². The number of hydrogen-bond donors (Lipinski definition) is 1. The fourth-order valence-electron chi connectivity index (χ4n) is 1.88. The SMILES string of the molecule is CC(N)(c1cccc(Cl)c1)c1ccc(Cl)cc1F. The summed E-state index contributed by atoms with van der Waals surface area (Å²) in [5.41, 5.74) is 6.41. The van der Waals surface area contributed by atoms with Gasteiger partial charge in [-0.1, -0.05) is 41.4 Å². The Morgan fingerprint density at radius 2 is 1.72 bits per heavy atom. The van der Waals surface area contributed by atoms with E-state index in [1.54, 1.807) is 37.3 Å². The predicted octanol–water partition coefficient (Wildman–Crippen LogP) is 4.35. The summed E-state index contributed by atoms with van der Waals surface area (Å²) in [6.45, 7) is 1.74. The van der Waals surface area contributed by atoms with Gasteiger partial charge in [-0.05, 0) is 36.8 Å². The van der Waals surface area contributed by atoms with E-state index in [-0.39, 0.29) is 0 Å². The molecule has 2 aromatic carbocycles. The highest BCUT2D eigenvalue weighted by Crippen LogP contribution is 2.31. The molecule has 0 saturated heterocycles. The molecule has 94 valence electrons. The van der Waals surface area contributed by atoms with Crippen molar-refractivity contribution in [1.29, 1.82) is 0 Å². The molecule has 1 atom stereocenters. The van der Waals surface area contributed by atoms with Crippen LogP contribution in [0.5, 0.6) is 0 Å². The van der Waals surface area contributed by atoms with Crippen LogP contribution in [0, 0.1) is 5.82 Å². The molecule has 2 aromatic rings. The van der Waals surface area contributed by atoms with Crippen LogP contribution in [-0.4, -0.2) is 0 Å². The average molecular weight is 284 g/mol. The summed E-state index contributed by atoms with van der Waals surface area (Å²) in [6.07, 6.45) is 0. The zero-order valence-electron chi connectivity index (χ0n) is 9.75. The van der Waals surface area contributed by atoms with Gasteiger partial charge in [-0.25, -0.2) is 4.39 Å². The minimum absolute atomic E-state index is 0.346. The Bertz CT molecular complexity index is 582. The molecule has 4 heteroatoms. The minimum atomic E-state index is -0.959. The first-order chi connectivity index (χ1) is 8.41. The molecule has 2 N–H and O–H groups in total. The topological polar surface area (TPSA) is 26.0 Å². The van der Waals surface area contributed by atoms with E-state index in [0.29, 0.717) is 15.6 Å². The Labute approximate surface area is 115 Å². The molecule has 0 spiro atoms. The van der Waals surface area contributed by atoms with E-state index in [4.69, 9.17) is 28.9 Å². The summed E-state index contributed by atoms with van der Waals surface area (Å²) in [4.78, 5) is 0. The Morgan fingerprint density at radius 3 is 2.33 bits per heavy atom. The Kier molecular flexibility index (Phi) is 3.62. The lowest BCUT2D eigenvalue weighted by Gasteiger charge is -2.26. The highest BCUT2D eigenvalue weighted by atomic mass is 35.5. The maximum atomic E-state index is 13.9. The van der Waals surface area contributed by atoms with E-state index in [1.807, 2.05) is 6.07 Å². The molecule has 0 radical (unpaired) electrons. The molecule has 1 nitrogen and oxygen atoms in total. The van der Waals surface area contributed by atoms with Gasteiger partial charge in [-0.3, -0.25) is 0 Å². The van der Waals surface area contributed by atoms with E-state index >= 15 is 0 Å². The maximum absolute atomic E-state index is 13.9. The molecular formula is C14H12Cl2FN. The van der Waals surface area contributed by atoms with E-state index < -0.39 is 11.4 Å². The zero-order valence-corrected chi connectivity index (χ0v) is 11.3. The molecule has 0 aromatic heterocycles. The Morgan fingerprint density at radius 1 is 1.06 bits per heavy atom. The quantitative estimate of drug-likeness (QED) is 0.871. The third-order valence-electron chi connectivity index (χ3n) is 2.91. The molecule has 0 aliphatic carbocycles. The first kappa shape index (κ1) is 13.3. The zero-order chi connectivity index (χ0) is 13.3. The van der Waals surface area contributed by atoms with Crippen molar-refractivity contribution in [3.8, 4) is 0 Å². The summed E-state index contributed by atoms with van der Waals surface area (Å²) in [6, 6.07) is 11.6. The fraction of sp³-hybridized carbons (Fsp3) is 0.143. The van der Waals surface area contributed by atoms with Crippen LogP contribution >= 0.6 is 23.2 Å². The lowest BCUT2D eigenvalue weighted by molar-refractivity contribution is 0.531. The van der Waals surface area contributed by atoms with Gasteiger partial charge in [0.05, 0.1) is 5.54 Å². The van der Waals surface area contributed by atoms with Gasteiger partial charge in [0.1, 0.15) is 5.82 Å². The molecule has 0 bridgehead atoms. The highest BCUT2D eigenvalue weighted by molar-refractivity contribution is 6.30. The van der Waals surface area contributed by atoms with Crippen LogP contribution in [0.15, 0.2) is 42.5 Å². The third kappa shape index (κ3) is 2.51. The van der Waals surface area contributed by atoms with Crippen LogP contribution in [0.1, 0.15) is 18.1 Å². The fourth-order valence-corrected chi connectivity index (χ4v) is 2.23. The molecule has 1 unspecified atom stereocenters. The second-order valence-electron chi connectivity index (χ2n) is 4.34. The lowest BCUT2D eigenvalue weighted by atomic mass is 9.85. The van der Waals surface area contributed by atoms with Crippen LogP contribution in [0.4, 0.5) is 4.39 Å². The van der Waals surface area contributed by atoms with Gasteiger partial charge in [0.15, 0.2) is 0 Å². The van der Waals surface area contributed by atoms with Crippen molar-refractivity contribution in [2.75, 3.05) is 0 Å². The highest BCUT2D eigenvalue weighted by Gasteiger charge is 2.27. The molecular weight excluding hydrogens is 272 g/mol. The van der Waals surface area contributed by atoms with Gasteiger partial charge in [0.25, 0.3) is 0 Å². The molecule has 0 aliphatic rings. The first-order valence-electron chi connectivity index (χ1n) is 5.42. The smallest absolute Gasteiger partial charge is 0.130 e. The van der Waals surface area contributed by atoms with Crippen LogP contribution in [0.3, 0.4) is 0 Å². The molecule has 0 saturated carbocycles. The van der Waals surface area contributed by atoms with Gasteiger partial charge in [0.2, 0.25) is 0 Å². The number of rotatable bonds is 2. The van der Waals surface area contributed by atoms with Crippen LogP contribution in [0.25, 0.3) is 0 Å². The molecule has 0 heterocycles. The van der Waals surface area contributed by atoms with Gasteiger partial charge < -0.3 is 5.73 Å². The maximum Gasteiger partial charge on any atom is 0.130 e. The van der Waals surface area contributed by atoms with E-state index in [1.165, 1.54) is 6.07 Å². The second-order valence-corrected chi connectivity index (χ2v) is 5.21. The molecule has 0 aliphatic heterocycles. The molecule has 0 amide bonds. The summed E-state index contributed by atoms with van der Waals surface area (Å²) >= 11 is 11.7. The van der Waals surface area contributed by atoms with Crippen LogP contribution in [-0.2, 0) is 5.54 Å². The monoisotopic (exact) mass is 283 g/mol. The standard InChI is InChI=1S/C14H12Cl2FN/c1-14(18,9-3-2-4-10(15)7-9)12-6-5-11(16)8-13(12)17/h2-8H,18H2,1H3. The molecule has 2 rings (SSSR count). The van der Waals surface area contributed by atoms with Gasteiger partial charge in [0, 0.05) is 15.6 Å². The third-order valence-corrected chi connectivity index (χ3v) is 3.39. The Balaban J connectivity index is 2.53. The number of benzene rings is 2. The normalized spacial score (nSPS) is 14.3. The Hall–Kier alpha value is -1.09. The predicted molar refractivity (Wildman–Crippen MR) is 73.5 cm³/mol. The van der Waals surface area contributed by atoms with Gasteiger partial charge in [-0.2, -0.15) is 0 Å². The van der Waals surface area contributed by atoms with Crippen molar-refractivity contribution in [3.05, 3.63) is 69.5 Å². The van der Waals surface area contributed by atoms with E-state index in [9.17, 15) is 4.39 Å². The summed E-state index contributed by atoms with van der Waals surface area (Å²) < 4.78 is 13.9. The summed E-state index contributed by atoms with van der Waals surface area (Å²) in [5.74, 6) is -0.424. The van der Waals surface area contributed by atoms with Crippen molar-refractivity contribution in [1.82, 2.24) is 0 Å². The van der Waals surface area contributed by atoms with Crippen LogP contribution in [0.2, 0.25) is 10.0 Å². The number of hydrogen-bond acceptors (Lipinski definition) is 1. The average Bonchev–Trinajstić information content (AvgIpc) is 2.28. The van der Waals surface area contributed by atoms with Gasteiger partial charge in [-0.15, -0.1) is 0 Å². The lowest BCUT2D eigenvalue weighted by Crippen LogP contribution is -2.35. The van der Waals surface area contributed by atoms with Crippen LogP contribution < -0.4 is 5.73 Å². The number of nitrogens with two attached hydrogens (primary N) is 1. The first-order valence-corrected chi connectivity index (χ1v) is 6.17. The van der Waals surface area contributed by atoms with Crippen molar-refractivity contribution in [2.24, 2.45) is 5.73 Å². The number of halogens is 3. The van der Waals surface area contributed by atoms with Crippen molar-refractivity contribution >= 4 is 23.2 Å². The summed E-state index contributed by atoms with van der Waals surface area (Å²) in [5, 5.41) is 0.914. The van der Waals surface area contributed by atoms with Crippen molar-refractivity contribution in [3.63, 3.8) is 0 Å². The molecule has 0 fully saturated rings. The summed E-state index contributed by atoms with van der Waals surface area (Å²) in [7, 11) is 0. The van der Waals surface area contributed by atoms with Crippen molar-refractivity contribution in [2.45, 2.75) is 12.5 Å². The molecule has 18 heavy (non-hydrogen) atoms. The minimum Gasteiger partial charge on any atom is -0.318 e. The van der Waals surface area contributed by atoms with Gasteiger partial charge >= 0.3 is 0 Å². The largest absolute Gasteiger partial charge is 0.318 e. The second kappa shape index (κ2) is 4.88. The van der Waals surface area contributed by atoms with E-state index in [2.05, 4.69) is 0 Å².